The number of anilines is 1. The van der Waals surface area contributed by atoms with Crippen LogP contribution in [0.2, 0.25) is 0 Å². The molecule has 4 amide bonds. The number of benzene rings is 2. The fourth-order valence-corrected chi connectivity index (χ4v) is 8.28. The second-order valence-corrected chi connectivity index (χ2v) is 15.3. The van der Waals surface area contributed by atoms with Gasteiger partial charge in [0.15, 0.2) is 6.10 Å². The molecule has 0 unspecified atom stereocenters. The zero-order valence-corrected chi connectivity index (χ0v) is 31.7. The number of hydrogen-bond acceptors (Lipinski definition) is 9. The molecule has 4 aliphatic rings. The Morgan fingerprint density at radius 1 is 0.833 bits per heavy atom. The highest BCUT2D eigenvalue weighted by Crippen LogP contribution is 2.28. The first-order chi connectivity index (χ1) is 25.4. The Kier molecular flexibility index (Phi) is 13.8. The smallest absolute Gasteiger partial charge is 0.410 e. The van der Waals surface area contributed by atoms with Gasteiger partial charge in [-0.2, -0.15) is 0 Å². The van der Waals surface area contributed by atoms with E-state index in [1.165, 1.54) is 0 Å². The summed E-state index contributed by atoms with van der Waals surface area (Å²) in [6.07, 6.45) is 2.21. The number of phenolic OH excluding ortho intramolecular Hbond substituents is 1. The Morgan fingerprint density at radius 3 is 2.09 bits per heavy atom. The monoisotopic (exact) mass is 748 g/mol. The molecule has 54 heavy (non-hydrogen) atoms. The highest BCUT2D eigenvalue weighted by molar-refractivity contribution is 5.91. The van der Waals surface area contributed by atoms with Crippen molar-refractivity contribution in [3.63, 3.8) is 0 Å². The molecule has 0 saturated carbocycles. The normalized spacial score (nSPS) is 19.7. The maximum Gasteiger partial charge on any atom is 0.410 e. The minimum Gasteiger partial charge on any atom is -0.507 e. The van der Waals surface area contributed by atoms with Gasteiger partial charge in [0, 0.05) is 83.1 Å². The number of nitrogens with one attached hydrogen (secondary N) is 1. The molecular weight excluding hydrogens is 688 g/mol. The van der Waals surface area contributed by atoms with Crippen LogP contribution >= 0.6 is 0 Å². The van der Waals surface area contributed by atoms with Gasteiger partial charge in [0.1, 0.15) is 5.75 Å². The summed E-state index contributed by atoms with van der Waals surface area (Å²) in [6.45, 7) is 13.6. The van der Waals surface area contributed by atoms with Gasteiger partial charge in [-0.15, -0.1) is 0 Å². The molecule has 0 spiro atoms. The number of aromatic hydroxyl groups is 1. The number of aryl methyl sites for hydroxylation is 2. The van der Waals surface area contributed by atoms with Gasteiger partial charge in [0.25, 0.3) is 5.91 Å². The minimum absolute atomic E-state index is 0. The van der Waals surface area contributed by atoms with E-state index >= 15 is 0 Å². The number of esters is 1. The Hall–Kier alpha value is -4.36. The van der Waals surface area contributed by atoms with E-state index in [2.05, 4.69) is 15.1 Å². The van der Waals surface area contributed by atoms with Crippen molar-refractivity contribution in [1.82, 2.24) is 24.5 Å². The molecule has 2 aromatic rings. The lowest BCUT2D eigenvalue weighted by Crippen LogP contribution is -2.55. The van der Waals surface area contributed by atoms with Gasteiger partial charge in [0.2, 0.25) is 0 Å². The Balaban J connectivity index is 0.00000561. The summed E-state index contributed by atoms with van der Waals surface area (Å²) in [7, 11) is 0. The van der Waals surface area contributed by atoms with Crippen molar-refractivity contribution >= 4 is 29.7 Å². The molecule has 1 atom stereocenters. The van der Waals surface area contributed by atoms with E-state index in [4.69, 9.17) is 9.47 Å². The Bertz CT molecular complexity index is 1600. The van der Waals surface area contributed by atoms with Crippen LogP contribution in [0.25, 0.3) is 0 Å². The van der Waals surface area contributed by atoms with Crippen LogP contribution in [0.15, 0.2) is 36.4 Å². The van der Waals surface area contributed by atoms with Crippen molar-refractivity contribution in [2.45, 2.75) is 97.9 Å². The minimum atomic E-state index is -1.01. The molecule has 4 heterocycles. The Labute approximate surface area is 320 Å². The third kappa shape index (κ3) is 10.0. The molecule has 0 radical (unpaired) electrons. The molecule has 4 aliphatic heterocycles. The maximum atomic E-state index is 14.1. The van der Waals surface area contributed by atoms with E-state index in [1.54, 1.807) is 4.90 Å². The molecule has 3 fully saturated rings. The number of urea groups is 1. The summed E-state index contributed by atoms with van der Waals surface area (Å²) in [6, 6.07) is 11.8. The molecular formula is C41H60N6O7. The number of carbonyl (C=O) groups is 4. The summed E-state index contributed by atoms with van der Waals surface area (Å²) in [5, 5.41) is 13.4. The molecule has 6 rings (SSSR count). The number of para-hydroxylation sites is 1. The summed E-state index contributed by atoms with van der Waals surface area (Å²) < 4.78 is 11.4. The van der Waals surface area contributed by atoms with Crippen molar-refractivity contribution in [1.29, 1.82) is 0 Å². The molecule has 0 aliphatic carbocycles. The van der Waals surface area contributed by atoms with Crippen LogP contribution < -0.4 is 5.32 Å². The van der Waals surface area contributed by atoms with Crippen LogP contribution in [0.5, 0.6) is 5.75 Å². The number of piperidine rings is 2. The second kappa shape index (κ2) is 18.3. The zero-order chi connectivity index (χ0) is 37.6. The van der Waals surface area contributed by atoms with E-state index in [0.29, 0.717) is 69.3 Å². The SMILES string of the molecule is C.Cc1cc(C[C@@H](OC(=O)N2CCC(N3CCc4ccccc4NC3=O)CC2)C(=O)N2CCC(N3CCN(CC(=O)OC(C)C)CC3)CC2)cc(C)c1O. The number of amides is 4. The van der Waals surface area contributed by atoms with E-state index in [0.717, 1.165) is 62.3 Å². The van der Waals surface area contributed by atoms with Crippen LogP contribution in [-0.2, 0) is 31.9 Å². The summed E-state index contributed by atoms with van der Waals surface area (Å²) in [5.41, 5.74) is 4.20. The van der Waals surface area contributed by atoms with E-state index in [-0.39, 0.29) is 49.7 Å². The molecule has 2 aromatic carbocycles. The van der Waals surface area contributed by atoms with E-state index in [9.17, 15) is 24.3 Å². The first-order valence-corrected chi connectivity index (χ1v) is 19.3. The topological polar surface area (TPSA) is 135 Å². The summed E-state index contributed by atoms with van der Waals surface area (Å²) >= 11 is 0. The predicted molar refractivity (Wildman–Crippen MR) is 208 cm³/mol. The number of nitrogens with zero attached hydrogens (tertiary/aromatic N) is 5. The number of fused-ring (bicyclic) bond motifs is 1. The summed E-state index contributed by atoms with van der Waals surface area (Å²) in [4.78, 5) is 63.1. The van der Waals surface area contributed by atoms with Gasteiger partial charge in [0.05, 0.1) is 12.6 Å². The van der Waals surface area contributed by atoms with Crippen LogP contribution in [0.4, 0.5) is 15.3 Å². The quantitative estimate of drug-likeness (QED) is 0.347. The van der Waals surface area contributed by atoms with Crippen LogP contribution in [0, 0.1) is 13.8 Å². The number of carbonyl (C=O) groups excluding carboxylic acids is 4. The number of likely N-dealkylation sites (tertiary alicyclic amines) is 2. The second-order valence-electron chi connectivity index (χ2n) is 15.3. The van der Waals surface area contributed by atoms with Gasteiger partial charge in [-0.25, -0.2) is 9.59 Å². The lowest BCUT2D eigenvalue weighted by Gasteiger charge is -2.43. The fraction of sp³-hybridized carbons (Fsp3) is 0.610. The van der Waals surface area contributed by atoms with E-state index < -0.39 is 12.2 Å². The maximum absolute atomic E-state index is 14.1. The fourth-order valence-electron chi connectivity index (χ4n) is 8.28. The molecule has 0 bridgehead atoms. The number of rotatable bonds is 9. The molecule has 13 nitrogen and oxygen atoms in total. The van der Waals surface area contributed by atoms with Crippen LogP contribution in [-0.4, -0.2) is 143 Å². The molecule has 0 aromatic heterocycles. The van der Waals surface area contributed by atoms with Crippen LogP contribution in [0.3, 0.4) is 0 Å². The van der Waals surface area contributed by atoms with Gasteiger partial charge >= 0.3 is 18.1 Å². The van der Waals surface area contributed by atoms with Crippen molar-refractivity contribution in [3.8, 4) is 5.75 Å². The molecule has 3 saturated heterocycles. The number of hydrogen-bond donors (Lipinski definition) is 2. The van der Waals surface area contributed by atoms with Crippen molar-refractivity contribution < 1.29 is 33.8 Å². The van der Waals surface area contributed by atoms with Gasteiger partial charge in [-0.1, -0.05) is 37.8 Å². The zero-order valence-electron chi connectivity index (χ0n) is 31.7. The van der Waals surface area contributed by atoms with E-state index in [1.807, 2.05) is 73.9 Å². The van der Waals surface area contributed by atoms with Crippen molar-refractivity contribution in [2.75, 3.05) is 70.8 Å². The number of ether oxygens (including phenoxy) is 2. The first kappa shape index (κ1) is 40.8. The Morgan fingerprint density at radius 2 is 1.44 bits per heavy atom. The van der Waals surface area contributed by atoms with Gasteiger partial charge in [-0.05, 0) is 88.1 Å². The highest BCUT2D eigenvalue weighted by atomic mass is 16.6. The predicted octanol–water partition coefficient (Wildman–Crippen LogP) is 4.81. The highest BCUT2D eigenvalue weighted by Gasteiger charge is 2.37. The van der Waals surface area contributed by atoms with Gasteiger partial charge < -0.3 is 34.6 Å². The number of phenols is 1. The third-order valence-corrected chi connectivity index (χ3v) is 11.2. The average molecular weight is 749 g/mol. The largest absolute Gasteiger partial charge is 0.507 e. The molecule has 296 valence electrons. The first-order valence-electron chi connectivity index (χ1n) is 19.3. The van der Waals surface area contributed by atoms with Crippen molar-refractivity contribution in [2.24, 2.45) is 0 Å². The van der Waals surface area contributed by atoms with Crippen molar-refractivity contribution in [3.05, 3.63) is 58.7 Å². The lowest BCUT2D eigenvalue weighted by atomic mass is 9.98. The third-order valence-electron chi connectivity index (χ3n) is 11.2. The summed E-state index contributed by atoms with van der Waals surface area (Å²) in [5.74, 6) is -0.174. The lowest BCUT2D eigenvalue weighted by molar-refractivity contribution is -0.149. The number of piperazine rings is 1. The van der Waals surface area contributed by atoms with Crippen LogP contribution in [0.1, 0.15) is 69.2 Å². The standard InChI is InChI=1S/C40H56N6O7.CH4/c1-27(2)52-36(47)26-42-19-21-43(22-20-42)32-10-14-44(15-11-32)38(49)35(25-30-23-28(3)37(48)29(4)24-30)53-40(51)45-16-12-33(13-17-45)46-18-9-31-7-5-6-8-34(31)41-39(46)50;/h5-8,23-24,27,32-33,35,48H,9-22,25-26H2,1-4H3,(H,41,50);1H4/t35-;/m1./s1. The molecule has 2 N–H and O–H groups in total. The average Bonchev–Trinajstić information content (AvgIpc) is 3.31. The molecule has 13 heteroatoms. The van der Waals surface area contributed by atoms with Gasteiger partial charge in [-0.3, -0.25) is 19.4 Å².